The molecule has 2 aliphatic rings. The van der Waals surface area contributed by atoms with Crippen LogP contribution in [0.5, 0.6) is 0 Å². The maximum absolute atomic E-state index is 12.4. The third kappa shape index (κ3) is 4.91. The average Bonchev–Trinajstić information content (AvgIpc) is 2.45. The van der Waals surface area contributed by atoms with Crippen molar-refractivity contribution in [3.05, 3.63) is 0 Å². The summed E-state index contributed by atoms with van der Waals surface area (Å²) in [4.78, 5) is 0. The molecule has 2 atom stereocenters. The minimum absolute atomic E-state index is 0.252. The molecule has 1 aliphatic carbocycles. The van der Waals surface area contributed by atoms with E-state index >= 15 is 0 Å². The van der Waals surface area contributed by atoms with Crippen molar-refractivity contribution in [3.8, 4) is 0 Å². The van der Waals surface area contributed by atoms with Gasteiger partial charge in [0.25, 0.3) is 10.2 Å². The normalized spacial score (nSPS) is 29.6. The van der Waals surface area contributed by atoms with Crippen molar-refractivity contribution in [2.75, 3.05) is 19.6 Å². The van der Waals surface area contributed by atoms with Crippen molar-refractivity contribution in [2.24, 2.45) is 17.3 Å². The second kappa shape index (κ2) is 7.16. The average molecular weight is 333 g/mol. The van der Waals surface area contributed by atoms with Crippen LogP contribution >= 0.6 is 0 Å². The summed E-state index contributed by atoms with van der Waals surface area (Å²) in [6, 6.07) is 0. The molecule has 1 saturated carbocycles. The molecule has 6 heteroatoms. The Labute approximate surface area is 135 Å². The van der Waals surface area contributed by atoms with Crippen LogP contribution in [0.1, 0.15) is 59.3 Å². The second-order valence-electron chi connectivity index (χ2n) is 8.08. The summed E-state index contributed by atoms with van der Waals surface area (Å²) in [5.74, 6) is 0.859. The summed E-state index contributed by atoms with van der Waals surface area (Å²) < 4.78 is 29.2. The quantitative estimate of drug-likeness (QED) is 0.828. The standard InChI is InChI=1S/C16H32N2O3S/c1-16(2,3)14-7-9-18(10-8-14)22(20,21)17-12-13-5-4-6-15(19)11-13/h13-15,17,19H,4-12H2,1-3H3. The van der Waals surface area contributed by atoms with Crippen LogP contribution in [0, 0.1) is 17.3 Å². The highest BCUT2D eigenvalue weighted by molar-refractivity contribution is 7.87. The molecule has 0 bridgehead atoms. The molecule has 130 valence electrons. The van der Waals surface area contributed by atoms with Crippen LogP contribution in [0.25, 0.3) is 0 Å². The number of piperidine rings is 1. The van der Waals surface area contributed by atoms with Gasteiger partial charge >= 0.3 is 0 Å². The van der Waals surface area contributed by atoms with Crippen LogP contribution in [0.2, 0.25) is 0 Å². The SMILES string of the molecule is CC(C)(C)C1CCN(S(=O)(=O)NCC2CCCC(O)C2)CC1. The predicted octanol–water partition coefficient (Wildman–Crippen LogP) is 2.13. The van der Waals surface area contributed by atoms with Crippen molar-refractivity contribution in [1.82, 2.24) is 9.03 Å². The zero-order valence-electron chi connectivity index (χ0n) is 14.2. The van der Waals surface area contributed by atoms with Gasteiger partial charge < -0.3 is 5.11 Å². The fraction of sp³-hybridized carbons (Fsp3) is 1.00. The molecular formula is C16H32N2O3S. The van der Waals surface area contributed by atoms with E-state index in [0.29, 0.717) is 32.0 Å². The van der Waals surface area contributed by atoms with Gasteiger partial charge in [0, 0.05) is 19.6 Å². The number of aliphatic hydroxyl groups excluding tert-OH is 1. The minimum Gasteiger partial charge on any atom is -0.393 e. The summed E-state index contributed by atoms with van der Waals surface area (Å²) in [6.07, 6.45) is 5.18. The molecule has 2 fully saturated rings. The molecule has 0 aromatic heterocycles. The first-order chi connectivity index (χ1) is 10.2. The predicted molar refractivity (Wildman–Crippen MR) is 88.6 cm³/mol. The van der Waals surface area contributed by atoms with Gasteiger partial charge in [-0.1, -0.05) is 27.2 Å². The number of nitrogens with zero attached hydrogens (tertiary/aromatic N) is 1. The van der Waals surface area contributed by atoms with Crippen LogP contribution < -0.4 is 4.72 Å². The lowest BCUT2D eigenvalue weighted by Crippen LogP contribution is -2.47. The molecule has 0 aromatic rings. The lowest BCUT2D eigenvalue weighted by molar-refractivity contribution is 0.102. The van der Waals surface area contributed by atoms with Gasteiger partial charge in [0.1, 0.15) is 0 Å². The van der Waals surface area contributed by atoms with E-state index in [1.54, 1.807) is 4.31 Å². The highest BCUT2D eigenvalue weighted by Crippen LogP contribution is 2.34. The highest BCUT2D eigenvalue weighted by Gasteiger charge is 2.33. The van der Waals surface area contributed by atoms with Gasteiger partial charge in [0.05, 0.1) is 6.10 Å². The van der Waals surface area contributed by atoms with Gasteiger partial charge in [-0.25, -0.2) is 4.72 Å². The van der Waals surface area contributed by atoms with Gasteiger partial charge in [-0.15, -0.1) is 0 Å². The van der Waals surface area contributed by atoms with Gasteiger partial charge in [0.2, 0.25) is 0 Å². The first-order valence-corrected chi connectivity index (χ1v) is 10.1. The molecule has 22 heavy (non-hydrogen) atoms. The van der Waals surface area contributed by atoms with Crippen molar-refractivity contribution < 1.29 is 13.5 Å². The van der Waals surface area contributed by atoms with Crippen LogP contribution in [-0.4, -0.2) is 43.6 Å². The van der Waals surface area contributed by atoms with Crippen molar-refractivity contribution in [2.45, 2.75) is 65.4 Å². The first kappa shape index (κ1) is 18.2. The maximum atomic E-state index is 12.4. The Balaban J connectivity index is 1.81. The van der Waals surface area contributed by atoms with E-state index in [4.69, 9.17) is 0 Å². The summed E-state index contributed by atoms with van der Waals surface area (Å²) >= 11 is 0. The smallest absolute Gasteiger partial charge is 0.279 e. The Morgan fingerprint density at radius 1 is 1.14 bits per heavy atom. The third-order valence-electron chi connectivity index (χ3n) is 5.33. The fourth-order valence-corrected chi connectivity index (χ4v) is 5.05. The summed E-state index contributed by atoms with van der Waals surface area (Å²) in [5.41, 5.74) is 0.252. The highest BCUT2D eigenvalue weighted by atomic mass is 32.2. The maximum Gasteiger partial charge on any atom is 0.279 e. The third-order valence-corrected chi connectivity index (χ3v) is 6.90. The van der Waals surface area contributed by atoms with E-state index in [-0.39, 0.29) is 17.4 Å². The molecule has 0 radical (unpaired) electrons. The van der Waals surface area contributed by atoms with Crippen LogP contribution in [0.15, 0.2) is 0 Å². The first-order valence-electron chi connectivity index (χ1n) is 8.61. The van der Waals surface area contributed by atoms with E-state index in [1.165, 1.54) is 0 Å². The number of aliphatic hydroxyl groups is 1. The monoisotopic (exact) mass is 332 g/mol. The Hall–Kier alpha value is -0.170. The lowest BCUT2D eigenvalue weighted by Gasteiger charge is -2.38. The van der Waals surface area contributed by atoms with Crippen LogP contribution in [0.3, 0.4) is 0 Å². The zero-order valence-corrected chi connectivity index (χ0v) is 15.0. The fourth-order valence-electron chi connectivity index (χ4n) is 3.72. The molecule has 2 unspecified atom stereocenters. The summed E-state index contributed by atoms with van der Waals surface area (Å²) in [7, 11) is -3.37. The molecule has 1 aliphatic heterocycles. The molecule has 0 spiro atoms. The van der Waals surface area contributed by atoms with Crippen molar-refractivity contribution in [1.29, 1.82) is 0 Å². The van der Waals surface area contributed by atoms with Crippen LogP contribution in [0.4, 0.5) is 0 Å². The summed E-state index contributed by atoms with van der Waals surface area (Å²) in [6.45, 7) is 8.38. The second-order valence-corrected chi connectivity index (χ2v) is 9.83. The molecule has 2 rings (SSSR count). The Morgan fingerprint density at radius 2 is 1.77 bits per heavy atom. The molecule has 0 aromatic carbocycles. The molecule has 2 N–H and O–H groups in total. The van der Waals surface area contributed by atoms with E-state index < -0.39 is 10.2 Å². The Kier molecular flexibility index (Phi) is 5.91. The lowest BCUT2D eigenvalue weighted by atomic mass is 9.76. The van der Waals surface area contributed by atoms with Crippen molar-refractivity contribution in [3.63, 3.8) is 0 Å². The number of hydrogen-bond donors (Lipinski definition) is 2. The van der Waals surface area contributed by atoms with Gasteiger partial charge in [-0.05, 0) is 49.4 Å². The largest absolute Gasteiger partial charge is 0.393 e. The molecular weight excluding hydrogens is 300 g/mol. The topological polar surface area (TPSA) is 69.6 Å². The number of nitrogens with one attached hydrogen (secondary N) is 1. The zero-order chi connectivity index (χ0) is 16.4. The molecule has 1 heterocycles. The number of rotatable bonds is 4. The number of hydrogen-bond acceptors (Lipinski definition) is 3. The minimum atomic E-state index is -3.37. The molecule has 5 nitrogen and oxygen atoms in total. The van der Waals surface area contributed by atoms with E-state index in [0.717, 1.165) is 32.1 Å². The van der Waals surface area contributed by atoms with Gasteiger partial charge in [0.15, 0.2) is 0 Å². The van der Waals surface area contributed by atoms with Crippen LogP contribution in [-0.2, 0) is 10.2 Å². The van der Waals surface area contributed by atoms with Gasteiger partial charge in [-0.3, -0.25) is 0 Å². The molecule has 1 saturated heterocycles. The van der Waals surface area contributed by atoms with Crippen molar-refractivity contribution >= 4 is 10.2 Å². The van der Waals surface area contributed by atoms with E-state index in [1.807, 2.05) is 0 Å². The molecule has 0 amide bonds. The van der Waals surface area contributed by atoms with E-state index in [2.05, 4.69) is 25.5 Å². The summed E-state index contributed by atoms with van der Waals surface area (Å²) in [5, 5.41) is 9.68. The Bertz CT molecular complexity index is 451. The Morgan fingerprint density at radius 3 is 2.32 bits per heavy atom. The van der Waals surface area contributed by atoms with E-state index in [9.17, 15) is 13.5 Å². The van der Waals surface area contributed by atoms with Gasteiger partial charge in [-0.2, -0.15) is 12.7 Å².